The fourth-order valence-electron chi connectivity index (χ4n) is 2.14. The van der Waals surface area contributed by atoms with E-state index in [-0.39, 0.29) is 5.91 Å². The number of carbonyl (C=O) groups excluding carboxylic acids is 1. The maximum Gasteiger partial charge on any atom is 0.231 e. The SMILES string of the molecule is CN1C(=O)Cc2c(-c3ccco3)cccc21. The molecule has 2 aromatic rings. The molecule has 1 aliphatic rings. The van der Waals surface area contributed by atoms with Crippen LogP contribution in [0.5, 0.6) is 0 Å². The first-order chi connectivity index (χ1) is 7.77. The fraction of sp³-hybridized carbons (Fsp3) is 0.154. The van der Waals surface area contributed by atoms with Gasteiger partial charge in [-0.2, -0.15) is 0 Å². The summed E-state index contributed by atoms with van der Waals surface area (Å²) >= 11 is 0. The smallest absolute Gasteiger partial charge is 0.231 e. The molecule has 1 aromatic heterocycles. The Morgan fingerprint density at radius 2 is 2.12 bits per heavy atom. The van der Waals surface area contributed by atoms with E-state index in [4.69, 9.17) is 4.42 Å². The van der Waals surface area contributed by atoms with Crippen molar-refractivity contribution in [1.82, 2.24) is 0 Å². The van der Waals surface area contributed by atoms with E-state index in [1.54, 1.807) is 18.2 Å². The highest BCUT2D eigenvalue weighted by molar-refractivity contribution is 6.03. The highest BCUT2D eigenvalue weighted by Gasteiger charge is 2.26. The van der Waals surface area contributed by atoms with Crippen LogP contribution in [0, 0.1) is 0 Å². The molecule has 2 heterocycles. The van der Waals surface area contributed by atoms with E-state index in [0.29, 0.717) is 6.42 Å². The third-order valence-electron chi connectivity index (χ3n) is 3.00. The van der Waals surface area contributed by atoms with E-state index in [1.165, 1.54) is 0 Å². The van der Waals surface area contributed by atoms with Gasteiger partial charge in [-0.1, -0.05) is 12.1 Å². The maximum absolute atomic E-state index is 11.6. The molecule has 0 aliphatic carbocycles. The number of likely N-dealkylation sites (N-methyl/N-ethyl adjacent to an activating group) is 1. The summed E-state index contributed by atoms with van der Waals surface area (Å²) < 4.78 is 5.39. The largest absolute Gasteiger partial charge is 0.464 e. The Bertz CT molecular complexity index is 543. The highest BCUT2D eigenvalue weighted by atomic mass is 16.3. The maximum atomic E-state index is 11.6. The van der Waals surface area contributed by atoms with Crippen molar-refractivity contribution < 1.29 is 9.21 Å². The van der Waals surface area contributed by atoms with Crippen molar-refractivity contribution in [3.63, 3.8) is 0 Å². The van der Waals surface area contributed by atoms with E-state index in [1.807, 2.05) is 30.3 Å². The summed E-state index contributed by atoms with van der Waals surface area (Å²) in [7, 11) is 1.81. The van der Waals surface area contributed by atoms with Gasteiger partial charge < -0.3 is 9.32 Å². The summed E-state index contributed by atoms with van der Waals surface area (Å²) in [6, 6.07) is 9.68. The molecule has 16 heavy (non-hydrogen) atoms. The predicted octanol–water partition coefficient (Wildman–Crippen LogP) is 2.47. The molecule has 0 N–H and O–H groups in total. The van der Waals surface area contributed by atoms with Crippen LogP contribution >= 0.6 is 0 Å². The monoisotopic (exact) mass is 213 g/mol. The van der Waals surface area contributed by atoms with Gasteiger partial charge in [-0.15, -0.1) is 0 Å². The predicted molar refractivity (Wildman–Crippen MR) is 61.3 cm³/mol. The van der Waals surface area contributed by atoms with Gasteiger partial charge in [-0.05, 0) is 23.8 Å². The number of anilines is 1. The number of hydrogen-bond acceptors (Lipinski definition) is 2. The zero-order valence-corrected chi connectivity index (χ0v) is 8.93. The van der Waals surface area contributed by atoms with Crippen LogP contribution in [0.1, 0.15) is 5.56 Å². The summed E-state index contributed by atoms with van der Waals surface area (Å²) in [5.41, 5.74) is 3.06. The molecule has 0 bridgehead atoms. The zero-order valence-electron chi connectivity index (χ0n) is 8.93. The van der Waals surface area contributed by atoms with E-state index < -0.39 is 0 Å². The molecule has 3 heteroatoms. The quantitative estimate of drug-likeness (QED) is 0.729. The summed E-state index contributed by atoms with van der Waals surface area (Å²) in [6.07, 6.45) is 2.11. The van der Waals surface area contributed by atoms with Crippen molar-refractivity contribution in [3.05, 3.63) is 42.2 Å². The van der Waals surface area contributed by atoms with Crippen LogP contribution in [0.2, 0.25) is 0 Å². The second kappa shape index (κ2) is 3.23. The molecule has 1 aliphatic heterocycles. The highest BCUT2D eigenvalue weighted by Crippen LogP contribution is 2.35. The molecule has 0 atom stereocenters. The summed E-state index contributed by atoms with van der Waals surface area (Å²) in [5, 5.41) is 0. The fourth-order valence-corrected chi connectivity index (χ4v) is 2.14. The molecule has 0 fully saturated rings. The van der Waals surface area contributed by atoms with Gasteiger partial charge in [0.05, 0.1) is 12.7 Å². The van der Waals surface area contributed by atoms with E-state index in [9.17, 15) is 4.79 Å². The minimum atomic E-state index is 0.133. The van der Waals surface area contributed by atoms with Gasteiger partial charge in [0.15, 0.2) is 0 Å². The minimum absolute atomic E-state index is 0.133. The molecule has 0 saturated carbocycles. The third-order valence-corrected chi connectivity index (χ3v) is 3.00. The van der Waals surface area contributed by atoms with Gasteiger partial charge >= 0.3 is 0 Å². The average molecular weight is 213 g/mol. The number of nitrogens with zero attached hydrogens (tertiary/aromatic N) is 1. The average Bonchev–Trinajstić information content (AvgIpc) is 2.89. The first-order valence-corrected chi connectivity index (χ1v) is 5.19. The molecule has 0 unspecified atom stereocenters. The van der Waals surface area contributed by atoms with Gasteiger partial charge in [0.2, 0.25) is 5.91 Å². The van der Waals surface area contributed by atoms with Crippen molar-refractivity contribution in [2.75, 3.05) is 11.9 Å². The van der Waals surface area contributed by atoms with E-state index in [0.717, 1.165) is 22.6 Å². The van der Waals surface area contributed by atoms with E-state index >= 15 is 0 Å². The molecule has 0 spiro atoms. The van der Waals surface area contributed by atoms with Gasteiger partial charge in [0, 0.05) is 18.3 Å². The van der Waals surface area contributed by atoms with Crippen LogP contribution in [-0.2, 0) is 11.2 Å². The normalized spacial score (nSPS) is 14.3. The molecule has 3 nitrogen and oxygen atoms in total. The number of amides is 1. The molecule has 0 radical (unpaired) electrons. The number of carbonyl (C=O) groups is 1. The molecule has 80 valence electrons. The molecular weight excluding hydrogens is 202 g/mol. The zero-order chi connectivity index (χ0) is 11.1. The van der Waals surface area contributed by atoms with Gasteiger partial charge in [0.25, 0.3) is 0 Å². The molecular formula is C13H11NO2. The Balaban J connectivity index is 2.20. The molecule has 0 saturated heterocycles. The van der Waals surface area contributed by atoms with E-state index in [2.05, 4.69) is 0 Å². The Morgan fingerprint density at radius 3 is 2.88 bits per heavy atom. The second-order valence-electron chi connectivity index (χ2n) is 3.91. The van der Waals surface area contributed by atoms with Gasteiger partial charge in [0.1, 0.15) is 5.76 Å². The number of furan rings is 1. The lowest BCUT2D eigenvalue weighted by Gasteiger charge is -2.10. The summed E-state index contributed by atoms with van der Waals surface area (Å²) in [5.74, 6) is 0.953. The lowest BCUT2D eigenvalue weighted by molar-refractivity contribution is -0.117. The lowest BCUT2D eigenvalue weighted by Crippen LogP contribution is -2.20. The molecule has 1 amide bonds. The Labute approximate surface area is 93.3 Å². The van der Waals surface area contributed by atoms with Crippen molar-refractivity contribution in [3.8, 4) is 11.3 Å². The van der Waals surface area contributed by atoms with Crippen molar-refractivity contribution in [2.45, 2.75) is 6.42 Å². The van der Waals surface area contributed by atoms with Crippen LogP contribution in [0.15, 0.2) is 41.0 Å². The van der Waals surface area contributed by atoms with Crippen LogP contribution < -0.4 is 4.90 Å². The summed E-state index contributed by atoms with van der Waals surface area (Å²) in [4.78, 5) is 13.3. The Kier molecular flexibility index (Phi) is 1.86. The van der Waals surface area contributed by atoms with Crippen LogP contribution in [0.25, 0.3) is 11.3 Å². The summed E-state index contributed by atoms with van der Waals surface area (Å²) in [6.45, 7) is 0. The lowest BCUT2D eigenvalue weighted by atomic mass is 10.0. The van der Waals surface area contributed by atoms with Crippen molar-refractivity contribution in [2.24, 2.45) is 0 Å². The minimum Gasteiger partial charge on any atom is -0.464 e. The number of fused-ring (bicyclic) bond motifs is 1. The van der Waals surface area contributed by atoms with Gasteiger partial charge in [-0.3, -0.25) is 4.79 Å². The standard InChI is InChI=1S/C13H11NO2/c1-14-11-5-2-4-9(10(11)8-13(14)15)12-6-3-7-16-12/h2-7H,8H2,1H3. The molecule has 3 rings (SSSR count). The number of benzene rings is 1. The van der Waals surface area contributed by atoms with Crippen LogP contribution in [0.4, 0.5) is 5.69 Å². The van der Waals surface area contributed by atoms with Crippen LogP contribution in [-0.4, -0.2) is 13.0 Å². The first-order valence-electron chi connectivity index (χ1n) is 5.19. The second-order valence-corrected chi connectivity index (χ2v) is 3.91. The number of rotatable bonds is 1. The Morgan fingerprint density at radius 1 is 1.25 bits per heavy atom. The van der Waals surface area contributed by atoms with Crippen molar-refractivity contribution >= 4 is 11.6 Å². The third kappa shape index (κ3) is 1.18. The number of hydrogen-bond donors (Lipinski definition) is 0. The molecule has 1 aromatic carbocycles. The topological polar surface area (TPSA) is 33.5 Å². The van der Waals surface area contributed by atoms with Crippen LogP contribution in [0.3, 0.4) is 0 Å². The van der Waals surface area contributed by atoms with Gasteiger partial charge in [-0.25, -0.2) is 0 Å². The Hall–Kier alpha value is -2.03. The van der Waals surface area contributed by atoms with Crippen molar-refractivity contribution in [1.29, 1.82) is 0 Å². The first kappa shape index (κ1) is 9.21.